The van der Waals surface area contributed by atoms with Gasteiger partial charge in [0.1, 0.15) is 5.75 Å². The van der Waals surface area contributed by atoms with Crippen molar-refractivity contribution in [3.8, 4) is 5.75 Å². The van der Waals surface area contributed by atoms with E-state index < -0.39 is 0 Å². The van der Waals surface area contributed by atoms with E-state index in [1.165, 1.54) is 5.56 Å². The Balaban J connectivity index is 2.10. The summed E-state index contributed by atoms with van der Waals surface area (Å²) in [6.07, 6.45) is 0.852. The van der Waals surface area contributed by atoms with Gasteiger partial charge < -0.3 is 10.1 Å². The summed E-state index contributed by atoms with van der Waals surface area (Å²) in [5.41, 5.74) is 2.99. The van der Waals surface area contributed by atoms with Crippen molar-refractivity contribution in [1.29, 1.82) is 0 Å². The third-order valence-corrected chi connectivity index (χ3v) is 3.55. The number of ether oxygens (including phenoxy) is 1. The van der Waals surface area contributed by atoms with Crippen LogP contribution in [-0.2, 0) is 0 Å². The van der Waals surface area contributed by atoms with Crippen molar-refractivity contribution in [3.63, 3.8) is 0 Å². The van der Waals surface area contributed by atoms with Gasteiger partial charge in [-0.05, 0) is 43.2 Å². The average Bonchev–Trinajstić information content (AvgIpc) is 2.53. The van der Waals surface area contributed by atoms with Crippen molar-refractivity contribution < 1.29 is 9.53 Å². The van der Waals surface area contributed by atoms with Crippen LogP contribution in [-0.4, -0.2) is 13.0 Å². The second kappa shape index (κ2) is 6.93. The van der Waals surface area contributed by atoms with Gasteiger partial charge in [-0.2, -0.15) is 0 Å². The van der Waals surface area contributed by atoms with Gasteiger partial charge >= 0.3 is 0 Å². The van der Waals surface area contributed by atoms with E-state index in [1.807, 2.05) is 0 Å². The summed E-state index contributed by atoms with van der Waals surface area (Å²) in [6.45, 7) is 4.12. The van der Waals surface area contributed by atoms with Gasteiger partial charge in [-0.15, -0.1) is 0 Å². The molecule has 0 aliphatic carbocycles. The molecule has 0 saturated heterocycles. The third kappa shape index (κ3) is 3.85. The van der Waals surface area contributed by atoms with E-state index in [9.17, 15) is 4.79 Å². The Morgan fingerprint density at radius 2 is 1.71 bits per heavy atom. The zero-order valence-electron chi connectivity index (χ0n) is 12.7. The molecule has 0 bridgehead atoms. The molecule has 2 rings (SSSR count). The molecule has 3 heteroatoms. The van der Waals surface area contributed by atoms with Gasteiger partial charge in [-0.1, -0.05) is 36.8 Å². The number of hydrogen-bond donors (Lipinski definition) is 1. The smallest absolute Gasteiger partial charge is 0.251 e. The molecule has 1 amide bonds. The summed E-state index contributed by atoms with van der Waals surface area (Å²) in [5.74, 6) is 0.683. The van der Waals surface area contributed by atoms with Crippen LogP contribution in [0.15, 0.2) is 48.5 Å². The predicted octanol–water partition coefficient (Wildman–Crippen LogP) is 3.88. The van der Waals surface area contributed by atoms with Crippen LogP contribution in [0.25, 0.3) is 0 Å². The van der Waals surface area contributed by atoms with E-state index in [1.54, 1.807) is 31.4 Å². The summed E-state index contributed by atoms with van der Waals surface area (Å²) < 4.78 is 5.10. The molecular weight excluding hydrogens is 262 g/mol. The molecule has 110 valence electrons. The lowest BCUT2D eigenvalue weighted by atomic mass is 10.0. The molecule has 0 fully saturated rings. The van der Waals surface area contributed by atoms with Crippen LogP contribution in [0.3, 0.4) is 0 Å². The predicted molar refractivity (Wildman–Crippen MR) is 84.7 cm³/mol. The van der Waals surface area contributed by atoms with Crippen LogP contribution >= 0.6 is 0 Å². The fraction of sp³-hybridized carbons (Fsp3) is 0.278. The normalized spacial score (nSPS) is 11.8. The highest BCUT2D eigenvalue weighted by Crippen LogP contribution is 2.18. The van der Waals surface area contributed by atoms with Gasteiger partial charge in [0, 0.05) is 5.56 Å². The molecule has 0 heterocycles. The van der Waals surface area contributed by atoms with Crippen molar-refractivity contribution in [1.82, 2.24) is 5.32 Å². The number of benzene rings is 2. The first-order valence-corrected chi connectivity index (χ1v) is 7.15. The minimum atomic E-state index is -0.0647. The number of aryl methyl sites for hydroxylation is 1. The minimum absolute atomic E-state index is 0.0280. The van der Waals surface area contributed by atoms with Gasteiger partial charge in [0.05, 0.1) is 13.2 Å². The summed E-state index contributed by atoms with van der Waals surface area (Å²) in [4.78, 5) is 12.3. The van der Waals surface area contributed by atoms with E-state index >= 15 is 0 Å². The molecule has 1 N–H and O–H groups in total. The Hall–Kier alpha value is -2.29. The summed E-state index contributed by atoms with van der Waals surface area (Å²) in [6, 6.07) is 15.4. The lowest BCUT2D eigenvalue weighted by Crippen LogP contribution is -2.28. The first kappa shape index (κ1) is 15.1. The topological polar surface area (TPSA) is 38.3 Å². The molecule has 1 atom stereocenters. The highest BCUT2D eigenvalue weighted by molar-refractivity contribution is 5.94. The minimum Gasteiger partial charge on any atom is -0.497 e. The molecule has 0 aliphatic rings. The lowest BCUT2D eigenvalue weighted by molar-refractivity contribution is 0.0935. The molecular formula is C18H21NO2. The van der Waals surface area contributed by atoms with Crippen molar-refractivity contribution in [2.75, 3.05) is 7.11 Å². The largest absolute Gasteiger partial charge is 0.497 e. The lowest BCUT2D eigenvalue weighted by Gasteiger charge is -2.18. The van der Waals surface area contributed by atoms with Crippen LogP contribution in [0.4, 0.5) is 0 Å². The third-order valence-electron chi connectivity index (χ3n) is 3.55. The van der Waals surface area contributed by atoms with Gasteiger partial charge in [0.2, 0.25) is 0 Å². The van der Waals surface area contributed by atoms with Crippen molar-refractivity contribution in [3.05, 3.63) is 65.2 Å². The SMILES string of the molecule is CC[C@@H](NC(=O)c1ccc(OC)cc1)c1ccc(C)cc1. The molecule has 0 radical (unpaired) electrons. The van der Waals surface area contributed by atoms with Gasteiger partial charge in [-0.25, -0.2) is 0 Å². The molecule has 2 aromatic carbocycles. The molecule has 0 unspecified atom stereocenters. The highest BCUT2D eigenvalue weighted by atomic mass is 16.5. The summed E-state index contributed by atoms with van der Waals surface area (Å²) in [5, 5.41) is 3.08. The van der Waals surface area contributed by atoms with E-state index in [4.69, 9.17) is 4.74 Å². The molecule has 0 aromatic heterocycles. The Kier molecular flexibility index (Phi) is 4.99. The average molecular weight is 283 g/mol. The molecule has 0 saturated carbocycles. The van der Waals surface area contributed by atoms with E-state index in [0.717, 1.165) is 17.7 Å². The Morgan fingerprint density at radius 1 is 1.10 bits per heavy atom. The second-order valence-electron chi connectivity index (χ2n) is 5.07. The van der Waals surface area contributed by atoms with Crippen LogP contribution in [0, 0.1) is 6.92 Å². The second-order valence-corrected chi connectivity index (χ2v) is 5.07. The summed E-state index contributed by atoms with van der Waals surface area (Å²) >= 11 is 0. The van der Waals surface area contributed by atoms with E-state index in [2.05, 4.69) is 43.4 Å². The maximum Gasteiger partial charge on any atom is 0.251 e. The fourth-order valence-electron chi connectivity index (χ4n) is 2.20. The molecule has 21 heavy (non-hydrogen) atoms. The number of nitrogens with one attached hydrogen (secondary N) is 1. The van der Waals surface area contributed by atoms with Crippen molar-refractivity contribution >= 4 is 5.91 Å². The Labute approximate surface area is 126 Å². The number of carbonyl (C=O) groups excluding carboxylic acids is 1. The number of carbonyl (C=O) groups is 1. The first-order valence-electron chi connectivity index (χ1n) is 7.15. The molecule has 2 aromatic rings. The summed E-state index contributed by atoms with van der Waals surface area (Å²) in [7, 11) is 1.61. The Morgan fingerprint density at radius 3 is 2.24 bits per heavy atom. The number of amides is 1. The van der Waals surface area contributed by atoms with Crippen molar-refractivity contribution in [2.45, 2.75) is 26.3 Å². The van der Waals surface area contributed by atoms with Gasteiger partial charge in [0.15, 0.2) is 0 Å². The number of rotatable bonds is 5. The molecule has 0 spiro atoms. The number of hydrogen-bond acceptors (Lipinski definition) is 2. The zero-order chi connectivity index (χ0) is 15.2. The monoisotopic (exact) mass is 283 g/mol. The molecule has 3 nitrogen and oxygen atoms in total. The molecule has 0 aliphatic heterocycles. The number of methoxy groups -OCH3 is 1. The quantitative estimate of drug-likeness (QED) is 0.904. The van der Waals surface area contributed by atoms with Gasteiger partial charge in [-0.3, -0.25) is 4.79 Å². The standard InChI is InChI=1S/C18H21NO2/c1-4-17(14-7-5-13(2)6-8-14)19-18(20)15-9-11-16(21-3)12-10-15/h5-12,17H,4H2,1-3H3,(H,19,20)/t17-/m1/s1. The van der Waals surface area contributed by atoms with Crippen LogP contribution in [0.1, 0.15) is 40.9 Å². The van der Waals surface area contributed by atoms with E-state index in [-0.39, 0.29) is 11.9 Å². The Bertz CT molecular complexity index is 588. The van der Waals surface area contributed by atoms with Crippen LogP contribution in [0.2, 0.25) is 0 Å². The maximum atomic E-state index is 12.3. The van der Waals surface area contributed by atoms with Crippen LogP contribution in [0.5, 0.6) is 5.75 Å². The zero-order valence-corrected chi connectivity index (χ0v) is 12.7. The first-order chi connectivity index (χ1) is 10.1. The van der Waals surface area contributed by atoms with Gasteiger partial charge in [0.25, 0.3) is 5.91 Å². The van der Waals surface area contributed by atoms with E-state index in [0.29, 0.717) is 5.56 Å². The van der Waals surface area contributed by atoms with Crippen LogP contribution < -0.4 is 10.1 Å². The van der Waals surface area contributed by atoms with Crippen molar-refractivity contribution in [2.24, 2.45) is 0 Å². The highest BCUT2D eigenvalue weighted by Gasteiger charge is 2.14. The maximum absolute atomic E-state index is 12.3. The fourth-order valence-corrected chi connectivity index (χ4v) is 2.20.